The van der Waals surface area contributed by atoms with E-state index in [0.717, 1.165) is 44.8 Å². The minimum Gasteiger partial charge on any atom is -0.309 e. The minimum atomic E-state index is 0.820. The first-order valence-corrected chi connectivity index (χ1v) is 15.6. The number of fused-ring (bicyclic) bond motifs is 9. The molecule has 0 bridgehead atoms. The van der Waals surface area contributed by atoms with Gasteiger partial charge in [-0.2, -0.15) is 0 Å². The monoisotopic (exact) mass is 586 g/mol. The van der Waals surface area contributed by atoms with Crippen LogP contribution in [-0.2, 0) is 0 Å². The van der Waals surface area contributed by atoms with Crippen molar-refractivity contribution in [3.8, 4) is 22.8 Å². The number of rotatable bonds is 3. The first-order valence-electron chi connectivity index (χ1n) is 15.6. The molecule has 0 aliphatic heterocycles. The lowest BCUT2D eigenvalue weighted by Gasteiger charge is -2.15. The maximum Gasteiger partial charge on any atom is 0.165 e. The van der Waals surface area contributed by atoms with Gasteiger partial charge in [-0.15, -0.1) is 0 Å². The lowest BCUT2D eigenvalue weighted by Crippen LogP contribution is -2.04. The average molecular weight is 587 g/mol. The third-order valence-corrected chi connectivity index (χ3v) is 9.29. The van der Waals surface area contributed by atoms with E-state index in [1.807, 2.05) is 24.3 Å². The molecule has 3 aromatic heterocycles. The van der Waals surface area contributed by atoms with Crippen LogP contribution in [0.3, 0.4) is 0 Å². The van der Waals surface area contributed by atoms with Crippen LogP contribution in [0, 0.1) is 0 Å². The smallest absolute Gasteiger partial charge is 0.165 e. The van der Waals surface area contributed by atoms with Crippen LogP contribution in [-0.4, -0.2) is 19.1 Å². The van der Waals surface area contributed by atoms with Gasteiger partial charge in [0.15, 0.2) is 5.82 Å². The molecule has 3 heterocycles. The van der Waals surface area contributed by atoms with Crippen molar-refractivity contribution in [2.45, 2.75) is 0 Å². The highest BCUT2D eigenvalue weighted by atomic mass is 15.1. The van der Waals surface area contributed by atoms with Gasteiger partial charge in [-0.25, -0.2) is 9.97 Å². The number of aromatic nitrogens is 4. The second-order valence-corrected chi connectivity index (χ2v) is 11.8. The highest BCUT2D eigenvalue weighted by Crippen LogP contribution is 2.40. The normalized spacial score (nSPS) is 11.9. The summed E-state index contributed by atoms with van der Waals surface area (Å²) in [4.78, 5) is 10.6. The molecule has 0 aliphatic rings. The zero-order chi connectivity index (χ0) is 30.2. The topological polar surface area (TPSA) is 35.6 Å². The van der Waals surface area contributed by atoms with Crippen LogP contribution < -0.4 is 0 Å². The summed E-state index contributed by atoms with van der Waals surface area (Å²) in [5.74, 6) is 0.820. The SMILES string of the molecule is c1ccc(-c2nc3ccccc3nc2-n2c3cc(-n4c5ccccc5c5ccccc54)ccc3c3ccc4ccccc4c32)cc1. The van der Waals surface area contributed by atoms with Gasteiger partial charge in [-0.05, 0) is 41.8 Å². The van der Waals surface area contributed by atoms with E-state index in [1.54, 1.807) is 0 Å². The van der Waals surface area contributed by atoms with Crippen molar-refractivity contribution >= 4 is 65.4 Å². The van der Waals surface area contributed by atoms with E-state index in [-0.39, 0.29) is 0 Å². The summed E-state index contributed by atoms with van der Waals surface area (Å²) >= 11 is 0. The molecule has 10 aromatic rings. The highest BCUT2D eigenvalue weighted by Gasteiger charge is 2.22. The van der Waals surface area contributed by atoms with Gasteiger partial charge in [0.05, 0.1) is 33.1 Å². The molecule has 10 rings (SSSR count). The van der Waals surface area contributed by atoms with Gasteiger partial charge in [0, 0.05) is 38.2 Å². The molecule has 4 nitrogen and oxygen atoms in total. The Hall–Kier alpha value is -6.26. The van der Waals surface area contributed by atoms with Crippen molar-refractivity contribution in [1.29, 1.82) is 0 Å². The molecule has 0 radical (unpaired) electrons. The first kappa shape index (κ1) is 25.1. The third kappa shape index (κ3) is 3.55. The maximum atomic E-state index is 5.39. The fraction of sp³-hybridized carbons (Fsp3) is 0. The quantitative estimate of drug-likeness (QED) is 0.206. The van der Waals surface area contributed by atoms with Crippen LogP contribution in [0.25, 0.3) is 88.2 Å². The van der Waals surface area contributed by atoms with Crippen LogP contribution in [0.1, 0.15) is 0 Å². The van der Waals surface area contributed by atoms with Crippen molar-refractivity contribution in [3.63, 3.8) is 0 Å². The van der Waals surface area contributed by atoms with Crippen LogP contribution in [0.5, 0.6) is 0 Å². The maximum absolute atomic E-state index is 5.39. The Morgan fingerprint density at radius 3 is 1.74 bits per heavy atom. The molecular formula is C42H26N4. The van der Waals surface area contributed by atoms with Crippen molar-refractivity contribution in [2.24, 2.45) is 0 Å². The van der Waals surface area contributed by atoms with Gasteiger partial charge in [-0.1, -0.05) is 121 Å². The molecule has 7 aromatic carbocycles. The Morgan fingerprint density at radius 1 is 0.391 bits per heavy atom. The number of hydrogen-bond donors (Lipinski definition) is 0. The second kappa shape index (κ2) is 9.62. The van der Waals surface area contributed by atoms with Crippen LogP contribution >= 0.6 is 0 Å². The zero-order valence-corrected chi connectivity index (χ0v) is 24.8. The van der Waals surface area contributed by atoms with Gasteiger partial charge in [-0.3, -0.25) is 4.57 Å². The molecule has 214 valence electrons. The molecular weight excluding hydrogens is 560 g/mol. The van der Waals surface area contributed by atoms with E-state index in [4.69, 9.17) is 9.97 Å². The van der Waals surface area contributed by atoms with E-state index >= 15 is 0 Å². The van der Waals surface area contributed by atoms with Crippen molar-refractivity contribution in [2.75, 3.05) is 0 Å². The summed E-state index contributed by atoms with van der Waals surface area (Å²) < 4.78 is 4.74. The van der Waals surface area contributed by atoms with Gasteiger partial charge in [0.2, 0.25) is 0 Å². The summed E-state index contributed by atoms with van der Waals surface area (Å²) in [5, 5.41) is 7.24. The number of benzene rings is 7. The molecule has 0 unspecified atom stereocenters. The van der Waals surface area contributed by atoms with Crippen LogP contribution in [0.2, 0.25) is 0 Å². The fourth-order valence-electron chi connectivity index (χ4n) is 7.26. The molecule has 46 heavy (non-hydrogen) atoms. The molecule has 0 spiro atoms. The highest BCUT2D eigenvalue weighted by molar-refractivity contribution is 6.19. The summed E-state index contributed by atoms with van der Waals surface area (Å²) in [7, 11) is 0. The predicted octanol–water partition coefficient (Wildman–Crippen LogP) is 10.6. The molecule has 4 heteroatoms. The lowest BCUT2D eigenvalue weighted by atomic mass is 10.1. The Morgan fingerprint density at radius 2 is 0.978 bits per heavy atom. The Bertz CT molecular complexity index is 2750. The largest absolute Gasteiger partial charge is 0.309 e. The Kier molecular flexibility index (Phi) is 5.25. The predicted molar refractivity (Wildman–Crippen MR) is 191 cm³/mol. The van der Waals surface area contributed by atoms with E-state index < -0.39 is 0 Å². The Labute approximate surface area is 264 Å². The van der Waals surface area contributed by atoms with Gasteiger partial charge in [0.1, 0.15) is 5.69 Å². The number of hydrogen-bond acceptors (Lipinski definition) is 2. The lowest BCUT2D eigenvalue weighted by molar-refractivity contribution is 1.08. The van der Waals surface area contributed by atoms with Crippen molar-refractivity contribution < 1.29 is 0 Å². The van der Waals surface area contributed by atoms with E-state index in [9.17, 15) is 0 Å². The summed E-state index contributed by atoms with van der Waals surface area (Å²) in [6, 6.07) is 55.9. The summed E-state index contributed by atoms with van der Waals surface area (Å²) in [5.41, 5.74) is 9.33. The standard InChI is InChI=1S/C42H26N4/c1-2-13-28(14-3-1)40-42(44-36-19-9-8-18-35(36)43-40)46-39-26-29(45-37-20-10-6-16-31(37)32-17-7-11-21-38(32)45)23-25-33(39)34-24-22-27-12-4-5-15-30(27)41(34)46/h1-26H. The molecule has 0 amide bonds. The van der Waals surface area contributed by atoms with Gasteiger partial charge < -0.3 is 4.57 Å². The Balaban J connectivity index is 1.39. The minimum absolute atomic E-state index is 0.820. The van der Waals surface area contributed by atoms with Crippen LogP contribution in [0.15, 0.2) is 158 Å². The fourth-order valence-corrected chi connectivity index (χ4v) is 7.26. The number of para-hydroxylation sites is 4. The van der Waals surface area contributed by atoms with Crippen LogP contribution in [0.4, 0.5) is 0 Å². The molecule has 0 saturated heterocycles. The van der Waals surface area contributed by atoms with E-state index in [0.29, 0.717) is 0 Å². The van der Waals surface area contributed by atoms with Gasteiger partial charge >= 0.3 is 0 Å². The van der Waals surface area contributed by atoms with E-state index in [1.165, 1.54) is 43.4 Å². The summed E-state index contributed by atoms with van der Waals surface area (Å²) in [6.45, 7) is 0. The van der Waals surface area contributed by atoms with E-state index in [2.05, 4.69) is 143 Å². The molecule has 0 aliphatic carbocycles. The molecule has 0 fully saturated rings. The summed E-state index contributed by atoms with van der Waals surface area (Å²) in [6.07, 6.45) is 0. The molecule has 0 atom stereocenters. The average Bonchev–Trinajstić information content (AvgIpc) is 3.64. The second-order valence-electron chi connectivity index (χ2n) is 11.8. The zero-order valence-electron chi connectivity index (χ0n) is 24.8. The van der Waals surface area contributed by atoms with Crippen molar-refractivity contribution in [3.05, 3.63) is 158 Å². The van der Waals surface area contributed by atoms with Crippen molar-refractivity contribution in [1.82, 2.24) is 19.1 Å². The molecule has 0 saturated carbocycles. The molecule has 0 N–H and O–H groups in total. The van der Waals surface area contributed by atoms with Gasteiger partial charge in [0.25, 0.3) is 0 Å². The third-order valence-electron chi connectivity index (χ3n) is 9.29. The first-order chi connectivity index (χ1) is 22.8. The number of nitrogens with zero attached hydrogens (tertiary/aromatic N) is 4.